The van der Waals surface area contributed by atoms with E-state index in [4.69, 9.17) is 4.74 Å². The van der Waals surface area contributed by atoms with Crippen molar-refractivity contribution < 1.29 is 24.2 Å². The quantitative estimate of drug-likeness (QED) is 0.760. The Morgan fingerprint density at radius 1 is 1.42 bits per heavy atom. The Balaban J connectivity index is 2.43. The predicted octanol–water partition coefficient (Wildman–Crippen LogP) is 0.651. The number of aliphatic carboxylic acids is 1. The molecule has 2 rings (SSSR count). The zero-order chi connectivity index (χ0) is 14.4. The zero-order valence-electron chi connectivity index (χ0n) is 11.4. The van der Waals surface area contributed by atoms with Gasteiger partial charge in [0, 0.05) is 19.4 Å². The third-order valence-corrected chi connectivity index (χ3v) is 4.56. The number of amides is 2. The van der Waals surface area contributed by atoms with Crippen LogP contribution in [-0.2, 0) is 19.1 Å². The fourth-order valence-corrected chi connectivity index (χ4v) is 2.72. The van der Waals surface area contributed by atoms with Crippen molar-refractivity contribution >= 4 is 17.8 Å². The van der Waals surface area contributed by atoms with Crippen molar-refractivity contribution in [3.05, 3.63) is 0 Å². The molecule has 2 unspecified atom stereocenters. The molecular weight excluding hydrogens is 250 g/mol. The summed E-state index contributed by atoms with van der Waals surface area (Å²) in [5.41, 5.74) is -2.33. The molecule has 2 aliphatic rings. The topological polar surface area (TPSA) is 83.9 Å². The van der Waals surface area contributed by atoms with Crippen molar-refractivity contribution in [1.82, 2.24) is 4.90 Å². The van der Waals surface area contributed by atoms with Crippen molar-refractivity contribution in [2.24, 2.45) is 11.3 Å². The van der Waals surface area contributed by atoms with E-state index < -0.39 is 22.8 Å². The van der Waals surface area contributed by atoms with Gasteiger partial charge in [0.25, 0.3) is 0 Å². The van der Waals surface area contributed by atoms with Crippen LogP contribution in [0.3, 0.4) is 0 Å². The van der Waals surface area contributed by atoms with Crippen molar-refractivity contribution in [3.63, 3.8) is 0 Å². The Bertz CT molecular complexity index is 438. The van der Waals surface area contributed by atoms with Crippen LogP contribution in [-0.4, -0.2) is 46.5 Å². The molecule has 19 heavy (non-hydrogen) atoms. The molecule has 2 aliphatic heterocycles. The summed E-state index contributed by atoms with van der Waals surface area (Å²) in [5.74, 6) is -1.99. The van der Waals surface area contributed by atoms with Crippen molar-refractivity contribution in [1.29, 1.82) is 0 Å². The second-order valence-corrected chi connectivity index (χ2v) is 5.92. The van der Waals surface area contributed by atoms with Gasteiger partial charge in [-0.15, -0.1) is 0 Å². The van der Waals surface area contributed by atoms with Gasteiger partial charge >= 0.3 is 5.97 Å². The lowest BCUT2D eigenvalue weighted by molar-refractivity contribution is -0.164. The summed E-state index contributed by atoms with van der Waals surface area (Å²) >= 11 is 0. The summed E-state index contributed by atoms with van der Waals surface area (Å²) < 4.78 is 5.13. The molecule has 0 radical (unpaired) electrons. The van der Waals surface area contributed by atoms with E-state index in [1.165, 1.54) is 0 Å². The van der Waals surface area contributed by atoms with Crippen molar-refractivity contribution in [2.45, 2.75) is 39.2 Å². The highest BCUT2D eigenvalue weighted by molar-refractivity contribution is 6.09. The second-order valence-electron chi connectivity index (χ2n) is 5.92. The molecule has 0 bridgehead atoms. The minimum absolute atomic E-state index is 0.0258. The molecule has 1 N–H and O–H groups in total. The van der Waals surface area contributed by atoms with Gasteiger partial charge in [0.05, 0.1) is 12.0 Å². The third kappa shape index (κ3) is 1.77. The van der Waals surface area contributed by atoms with Gasteiger partial charge in [-0.2, -0.15) is 0 Å². The van der Waals surface area contributed by atoms with Crippen LogP contribution in [0.2, 0.25) is 0 Å². The van der Waals surface area contributed by atoms with Crippen LogP contribution in [0.1, 0.15) is 33.6 Å². The molecule has 6 nitrogen and oxygen atoms in total. The first-order chi connectivity index (χ1) is 8.75. The van der Waals surface area contributed by atoms with Crippen LogP contribution in [0.15, 0.2) is 0 Å². The molecule has 0 spiro atoms. The first kappa shape index (κ1) is 14.0. The molecule has 106 valence electrons. The van der Waals surface area contributed by atoms with Crippen LogP contribution in [0.5, 0.6) is 0 Å². The smallest absolute Gasteiger partial charge is 0.332 e. The van der Waals surface area contributed by atoms with E-state index in [0.717, 1.165) is 4.90 Å². The van der Waals surface area contributed by atoms with Gasteiger partial charge < -0.3 is 9.84 Å². The minimum atomic E-state index is -1.51. The van der Waals surface area contributed by atoms with E-state index in [1.54, 1.807) is 6.92 Å². The molecule has 0 saturated carbocycles. The molecule has 2 heterocycles. The van der Waals surface area contributed by atoms with Crippen molar-refractivity contribution in [3.8, 4) is 0 Å². The van der Waals surface area contributed by atoms with E-state index in [2.05, 4.69) is 0 Å². The molecule has 0 aliphatic carbocycles. The third-order valence-electron chi connectivity index (χ3n) is 4.56. The molecule has 0 aromatic carbocycles. The van der Waals surface area contributed by atoms with E-state index in [9.17, 15) is 19.5 Å². The van der Waals surface area contributed by atoms with Gasteiger partial charge in [-0.3, -0.25) is 14.5 Å². The van der Waals surface area contributed by atoms with Crippen molar-refractivity contribution in [2.75, 3.05) is 13.2 Å². The number of carbonyl (C=O) groups is 3. The fraction of sp³-hybridized carbons (Fsp3) is 0.769. The van der Waals surface area contributed by atoms with Crippen LogP contribution in [0.25, 0.3) is 0 Å². The molecular formula is C13H19NO5. The highest BCUT2D eigenvalue weighted by Crippen LogP contribution is 2.43. The average Bonchev–Trinajstić information content (AvgIpc) is 2.86. The Hall–Kier alpha value is -1.43. The molecule has 0 aromatic heterocycles. The van der Waals surface area contributed by atoms with Gasteiger partial charge in [-0.25, -0.2) is 4.79 Å². The Morgan fingerprint density at radius 2 is 2.05 bits per heavy atom. The number of carbonyl (C=O) groups excluding carboxylic acids is 2. The predicted molar refractivity (Wildman–Crippen MR) is 65.2 cm³/mol. The number of likely N-dealkylation sites (tertiary alicyclic amines) is 1. The highest BCUT2D eigenvalue weighted by Gasteiger charge is 2.61. The molecule has 0 aromatic rings. The van der Waals surface area contributed by atoms with Gasteiger partial charge in [0.2, 0.25) is 11.8 Å². The number of imide groups is 1. The summed E-state index contributed by atoms with van der Waals surface area (Å²) in [6.45, 7) is 5.60. The van der Waals surface area contributed by atoms with E-state index >= 15 is 0 Å². The maximum absolute atomic E-state index is 12.6. The second kappa shape index (κ2) is 4.30. The van der Waals surface area contributed by atoms with E-state index in [0.29, 0.717) is 0 Å². The van der Waals surface area contributed by atoms with Crippen LogP contribution in [0, 0.1) is 11.3 Å². The van der Waals surface area contributed by atoms with Gasteiger partial charge in [-0.1, -0.05) is 13.8 Å². The lowest BCUT2D eigenvalue weighted by atomic mass is 9.77. The Kier molecular flexibility index (Phi) is 3.16. The Labute approximate surface area is 111 Å². The summed E-state index contributed by atoms with van der Waals surface area (Å²) in [6, 6.07) is 0. The number of ether oxygens (including phenoxy) is 1. The molecule has 2 fully saturated rings. The van der Waals surface area contributed by atoms with Gasteiger partial charge in [0.15, 0.2) is 5.54 Å². The van der Waals surface area contributed by atoms with E-state index in [1.807, 2.05) is 13.8 Å². The van der Waals surface area contributed by atoms with Gasteiger partial charge in [0.1, 0.15) is 0 Å². The lowest BCUT2D eigenvalue weighted by Crippen LogP contribution is -2.58. The number of hydrogen-bond acceptors (Lipinski definition) is 4. The highest BCUT2D eigenvalue weighted by atomic mass is 16.5. The fourth-order valence-electron chi connectivity index (χ4n) is 2.72. The molecule has 2 atom stereocenters. The summed E-state index contributed by atoms with van der Waals surface area (Å²) in [7, 11) is 0. The minimum Gasteiger partial charge on any atom is -0.479 e. The average molecular weight is 269 g/mol. The lowest BCUT2D eigenvalue weighted by Gasteiger charge is -2.34. The monoisotopic (exact) mass is 269 g/mol. The first-order valence-corrected chi connectivity index (χ1v) is 6.44. The number of nitrogens with zero attached hydrogens (tertiary/aromatic N) is 1. The maximum Gasteiger partial charge on any atom is 0.332 e. The number of hydrogen-bond donors (Lipinski definition) is 1. The SMILES string of the molecule is CC(C)C1(C)CC(=O)N(C2(C(=O)O)CCOC2)C1=O. The molecule has 2 saturated heterocycles. The maximum atomic E-state index is 12.6. The Morgan fingerprint density at radius 3 is 2.42 bits per heavy atom. The van der Waals surface area contributed by atoms with Crippen LogP contribution in [0.4, 0.5) is 0 Å². The number of carboxylic acid groups (broad SMARTS) is 1. The number of rotatable bonds is 3. The number of carboxylic acids is 1. The summed E-state index contributed by atoms with van der Waals surface area (Å²) in [5, 5.41) is 9.44. The molecule has 6 heteroatoms. The molecule has 2 amide bonds. The normalized spacial score (nSPS) is 35.5. The first-order valence-electron chi connectivity index (χ1n) is 6.44. The van der Waals surface area contributed by atoms with E-state index in [-0.39, 0.29) is 37.9 Å². The summed E-state index contributed by atoms with van der Waals surface area (Å²) in [6.07, 6.45) is 0.229. The standard InChI is InChI=1S/C13H19NO5/c1-8(2)12(3)6-9(15)14(10(12)16)13(11(17)18)4-5-19-7-13/h8H,4-7H2,1-3H3,(H,17,18). The van der Waals surface area contributed by atoms with Crippen LogP contribution >= 0.6 is 0 Å². The van der Waals surface area contributed by atoms with Crippen LogP contribution < -0.4 is 0 Å². The summed E-state index contributed by atoms with van der Waals surface area (Å²) in [4.78, 5) is 37.3. The largest absolute Gasteiger partial charge is 0.479 e. The van der Waals surface area contributed by atoms with Gasteiger partial charge in [-0.05, 0) is 12.8 Å². The zero-order valence-corrected chi connectivity index (χ0v) is 11.4.